The van der Waals surface area contributed by atoms with Crippen LogP contribution in [0.5, 0.6) is 0 Å². The molecule has 3 amide bonds. The van der Waals surface area contributed by atoms with Crippen molar-refractivity contribution in [3.63, 3.8) is 0 Å². The number of allylic oxidation sites excluding steroid dienone is 2. The Bertz CT molecular complexity index is 1180. The first kappa shape index (κ1) is 32.0. The third-order valence-electron chi connectivity index (χ3n) is 7.76. The topological polar surface area (TPSA) is 112 Å². The Morgan fingerprint density at radius 3 is 2.48 bits per heavy atom. The predicted molar refractivity (Wildman–Crippen MR) is 168 cm³/mol. The fourth-order valence-corrected chi connectivity index (χ4v) is 6.65. The number of ether oxygens (including phenoxy) is 1. The Morgan fingerprint density at radius 1 is 1.05 bits per heavy atom. The molecule has 2 aliphatic heterocycles. The number of thioether (sulfide) groups is 1. The van der Waals surface area contributed by atoms with Crippen molar-refractivity contribution < 1.29 is 19.1 Å². The van der Waals surface area contributed by atoms with E-state index in [-0.39, 0.29) is 47.5 Å². The minimum Gasteiger partial charge on any atom is -0.379 e. The van der Waals surface area contributed by atoms with Crippen LogP contribution in [0.25, 0.3) is 0 Å². The van der Waals surface area contributed by atoms with E-state index in [2.05, 4.69) is 52.9 Å². The van der Waals surface area contributed by atoms with Crippen molar-refractivity contribution >= 4 is 34.5 Å². The summed E-state index contributed by atoms with van der Waals surface area (Å²) < 4.78 is 5.41. The zero-order valence-corrected chi connectivity index (χ0v) is 26.0. The average Bonchev–Trinajstić information content (AvgIpc) is 3.37. The van der Waals surface area contributed by atoms with E-state index < -0.39 is 6.04 Å². The van der Waals surface area contributed by atoms with Gasteiger partial charge in [-0.25, -0.2) is 0 Å². The number of morpholine rings is 1. The number of fused-ring (bicyclic) bond motifs is 1. The number of nitrogens with zero attached hydrogens (tertiary/aromatic N) is 2. The van der Waals surface area contributed by atoms with Crippen LogP contribution in [-0.2, 0) is 25.5 Å². The van der Waals surface area contributed by atoms with E-state index in [1.54, 1.807) is 11.8 Å². The highest BCUT2D eigenvalue weighted by Gasteiger charge is 2.33. The van der Waals surface area contributed by atoms with Crippen molar-refractivity contribution in [3.05, 3.63) is 59.7 Å². The first-order valence-corrected chi connectivity index (χ1v) is 15.9. The van der Waals surface area contributed by atoms with Crippen molar-refractivity contribution in [2.24, 2.45) is 16.8 Å². The molecule has 3 aliphatic rings. The van der Waals surface area contributed by atoms with Crippen molar-refractivity contribution in [1.29, 1.82) is 0 Å². The highest BCUT2D eigenvalue weighted by Crippen LogP contribution is 2.35. The number of nitrogens with one attached hydrogen (secondary N) is 3. The molecule has 9 nitrogen and oxygen atoms in total. The lowest BCUT2D eigenvalue weighted by atomic mass is 9.95. The van der Waals surface area contributed by atoms with Gasteiger partial charge in [0.15, 0.2) is 0 Å². The average molecular weight is 596 g/mol. The van der Waals surface area contributed by atoms with Gasteiger partial charge < -0.3 is 20.7 Å². The fourth-order valence-electron chi connectivity index (χ4n) is 5.38. The molecule has 1 aromatic carbocycles. The monoisotopic (exact) mass is 595 g/mol. The number of rotatable bonds is 13. The SMILES string of the molecule is CC(=O)N[C@@H](CC1=NC2C=CC(C(C)C)=CC2S1)C(=O)N[C@H](CNC(=O)C(C)CN1CCOCC1)Cc1ccccc1. The summed E-state index contributed by atoms with van der Waals surface area (Å²) in [6.07, 6.45) is 7.41. The maximum absolute atomic E-state index is 13.6. The number of hydrogen-bond donors (Lipinski definition) is 3. The third-order valence-corrected chi connectivity index (χ3v) is 8.99. The van der Waals surface area contributed by atoms with Crippen LogP contribution >= 0.6 is 11.8 Å². The quantitative estimate of drug-likeness (QED) is 0.324. The van der Waals surface area contributed by atoms with Crippen LogP contribution in [0.15, 0.2) is 59.1 Å². The normalized spacial score (nSPS) is 22.4. The Kier molecular flexibility index (Phi) is 11.8. The van der Waals surface area contributed by atoms with Gasteiger partial charge in [-0.05, 0) is 23.5 Å². The highest BCUT2D eigenvalue weighted by atomic mass is 32.2. The first-order chi connectivity index (χ1) is 20.2. The van der Waals surface area contributed by atoms with Gasteiger partial charge in [0.1, 0.15) is 6.04 Å². The second kappa shape index (κ2) is 15.5. The molecule has 10 heteroatoms. The summed E-state index contributed by atoms with van der Waals surface area (Å²) in [5.41, 5.74) is 2.34. The molecule has 1 saturated heterocycles. The Labute approximate surface area is 254 Å². The summed E-state index contributed by atoms with van der Waals surface area (Å²) >= 11 is 1.66. The number of hydrogen-bond acceptors (Lipinski definition) is 7. The molecular formula is C32H45N5O4S. The lowest BCUT2D eigenvalue weighted by Crippen LogP contribution is -2.53. The van der Waals surface area contributed by atoms with Crippen molar-refractivity contribution in [2.45, 2.75) is 63.9 Å². The summed E-state index contributed by atoms with van der Waals surface area (Å²) in [5, 5.41) is 10.1. The summed E-state index contributed by atoms with van der Waals surface area (Å²) in [4.78, 5) is 45.8. The predicted octanol–water partition coefficient (Wildman–Crippen LogP) is 2.73. The van der Waals surface area contributed by atoms with Crippen LogP contribution in [0.4, 0.5) is 0 Å². The highest BCUT2D eigenvalue weighted by molar-refractivity contribution is 8.14. The van der Waals surface area contributed by atoms with Crippen molar-refractivity contribution in [1.82, 2.24) is 20.9 Å². The summed E-state index contributed by atoms with van der Waals surface area (Å²) in [6.45, 7) is 11.7. The second-order valence-corrected chi connectivity index (χ2v) is 12.9. The minimum atomic E-state index is -0.763. The van der Waals surface area contributed by atoms with Crippen LogP contribution in [0.3, 0.4) is 0 Å². The molecule has 2 heterocycles. The van der Waals surface area contributed by atoms with Crippen LogP contribution in [0.1, 0.15) is 39.7 Å². The molecule has 1 aromatic rings. The van der Waals surface area contributed by atoms with E-state index >= 15 is 0 Å². The van der Waals surface area contributed by atoms with Gasteiger partial charge in [0.2, 0.25) is 17.7 Å². The van der Waals surface area contributed by atoms with E-state index in [9.17, 15) is 14.4 Å². The van der Waals surface area contributed by atoms with Crippen LogP contribution in [0.2, 0.25) is 0 Å². The van der Waals surface area contributed by atoms with E-state index in [0.29, 0.717) is 38.5 Å². The fraction of sp³-hybridized carbons (Fsp3) is 0.562. The molecule has 1 fully saturated rings. The number of carbonyl (C=O) groups excluding carboxylic acids is 3. The molecule has 5 atom stereocenters. The number of aliphatic imine (C=N–C) groups is 1. The minimum absolute atomic E-state index is 0.0478. The smallest absolute Gasteiger partial charge is 0.243 e. The molecule has 3 N–H and O–H groups in total. The van der Waals surface area contributed by atoms with Crippen LogP contribution in [0, 0.1) is 11.8 Å². The van der Waals surface area contributed by atoms with E-state index in [1.165, 1.54) is 12.5 Å². The van der Waals surface area contributed by atoms with Crippen LogP contribution < -0.4 is 16.0 Å². The molecule has 0 bridgehead atoms. The molecule has 0 spiro atoms. The van der Waals surface area contributed by atoms with Gasteiger partial charge in [-0.1, -0.05) is 69.3 Å². The zero-order chi connectivity index (χ0) is 30.1. The first-order valence-electron chi connectivity index (χ1n) is 15.0. The molecule has 228 valence electrons. The van der Waals surface area contributed by atoms with Gasteiger partial charge in [-0.3, -0.25) is 24.3 Å². The number of carbonyl (C=O) groups is 3. The van der Waals surface area contributed by atoms with Crippen molar-refractivity contribution in [3.8, 4) is 0 Å². The van der Waals surface area contributed by atoms with Gasteiger partial charge in [0.25, 0.3) is 0 Å². The maximum atomic E-state index is 13.6. The van der Waals surface area contributed by atoms with E-state index in [1.807, 2.05) is 37.3 Å². The summed E-state index contributed by atoms with van der Waals surface area (Å²) in [6, 6.07) is 8.81. The molecule has 42 heavy (non-hydrogen) atoms. The zero-order valence-electron chi connectivity index (χ0n) is 25.2. The maximum Gasteiger partial charge on any atom is 0.243 e. The van der Waals surface area contributed by atoms with Gasteiger partial charge >= 0.3 is 0 Å². The Hall–Kier alpha value is -2.95. The third kappa shape index (κ3) is 9.54. The molecule has 0 aromatic heterocycles. The van der Waals surface area contributed by atoms with E-state index in [4.69, 9.17) is 9.73 Å². The van der Waals surface area contributed by atoms with Gasteiger partial charge in [0.05, 0.1) is 35.6 Å². The standard InChI is InChI=1S/C32H45N5O4S/c1-21(2)25-10-11-27-29(17-25)42-30(36-27)18-28(34-23(4)38)32(40)35-26(16-24-8-6-5-7-9-24)19-33-31(39)22(3)20-37-12-14-41-15-13-37/h5-11,17,21-22,26-29H,12-16,18-20H2,1-4H3,(H,33,39)(H,34,38)(H,35,40)/t22?,26-,27?,28-,29?/m0/s1. The molecule has 0 radical (unpaired) electrons. The molecule has 1 aliphatic carbocycles. The number of benzene rings is 1. The lowest BCUT2D eigenvalue weighted by Gasteiger charge is -2.29. The molecule has 3 unspecified atom stereocenters. The molecule has 4 rings (SSSR count). The van der Waals surface area contributed by atoms with Gasteiger partial charge in [-0.15, -0.1) is 11.8 Å². The Morgan fingerprint density at radius 2 is 1.79 bits per heavy atom. The number of amides is 3. The van der Waals surface area contributed by atoms with Crippen molar-refractivity contribution in [2.75, 3.05) is 39.4 Å². The second-order valence-electron chi connectivity index (χ2n) is 11.7. The van der Waals surface area contributed by atoms with E-state index in [0.717, 1.165) is 23.7 Å². The lowest BCUT2D eigenvalue weighted by molar-refractivity contribution is -0.128. The van der Waals surface area contributed by atoms with Crippen LogP contribution in [-0.4, -0.2) is 90.4 Å². The van der Waals surface area contributed by atoms with Gasteiger partial charge in [-0.2, -0.15) is 0 Å². The molecular weight excluding hydrogens is 550 g/mol. The summed E-state index contributed by atoms with van der Waals surface area (Å²) in [7, 11) is 0. The Balaban J connectivity index is 1.39. The summed E-state index contributed by atoms with van der Waals surface area (Å²) in [5.74, 6) is -0.358. The van der Waals surface area contributed by atoms with Gasteiger partial charge in [0, 0.05) is 45.4 Å². The largest absolute Gasteiger partial charge is 0.379 e. The molecule has 0 saturated carbocycles.